The van der Waals surface area contributed by atoms with Gasteiger partial charge in [0.05, 0.1) is 12.7 Å². The molecule has 106 valence electrons. The lowest BCUT2D eigenvalue weighted by molar-refractivity contribution is -0.143. The molecule has 19 heavy (non-hydrogen) atoms. The van der Waals surface area contributed by atoms with E-state index in [1.54, 1.807) is 38.1 Å². The Morgan fingerprint density at radius 3 is 2.63 bits per heavy atom. The molecule has 7 nitrogen and oxygen atoms in total. The van der Waals surface area contributed by atoms with Crippen molar-refractivity contribution in [2.45, 2.75) is 32.4 Å². The molecule has 1 aromatic heterocycles. The van der Waals surface area contributed by atoms with Gasteiger partial charge in [0.15, 0.2) is 0 Å². The van der Waals surface area contributed by atoms with Gasteiger partial charge in [0.2, 0.25) is 0 Å². The highest BCUT2D eigenvalue weighted by atomic mass is 16.4. The van der Waals surface area contributed by atoms with Crippen LogP contribution in [0.4, 0.5) is 4.79 Å². The van der Waals surface area contributed by atoms with Gasteiger partial charge in [-0.25, -0.2) is 9.59 Å². The highest BCUT2D eigenvalue weighted by Gasteiger charge is 2.33. The molecule has 2 N–H and O–H groups in total. The second-order valence-electron chi connectivity index (χ2n) is 4.80. The van der Waals surface area contributed by atoms with Crippen molar-refractivity contribution in [2.75, 3.05) is 7.05 Å². The van der Waals surface area contributed by atoms with Crippen LogP contribution in [-0.4, -0.2) is 44.4 Å². The van der Waals surface area contributed by atoms with Crippen LogP contribution in [-0.2, 0) is 18.4 Å². The van der Waals surface area contributed by atoms with E-state index in [9.17, 15) is 9.59 Å². The first kappa shape index (κ1) is 15.0. The number of amides is 2. The SMILES string of the molecule is CCC(C)(NC(=O)N(C)Cc1cnn(C)c1)C(=O)O. The number of hydrogen-bond acceptors (Lipinski definition) is 3. The number of nitrogens with one attached hydrogen (secondary N) is 1. The van der Waals surface area contributed by atoms with E-state index in [1.807, 2.05) is 0 Å². The van der Waals surface area contributed by atoms with Crippen LogP contribution in [0.5, 0.6) is 0 Å². The summed E-state index contributed by atoms with van der Waals surface area (Å²) in [5.41, 5.74) is -0.367. The lowest BCUT2D eigenvalue weighted by Gasteiger charge is -2.27. The number of aryl methyl sites for hydroxylation is 1. The number of urea groups is 1. The number of carboxylic acid groups (broad SMARTS) is 1. The maximum Gasteiger partial charge on any atom is 0.329 e. The summed E-state index contributed by atoms with van der Waals surface area (Å²) < 4.78 is 1.65. The van der Waals surface area contributed by atoms with Crippen LogP contribution >= 0.6 is 0 Å². The molecular formula is C12H20N4O3. The lowest BCUT2D eigenvalue weighted by atomic mass is 10.00. The third-order valence-electron chi connectivity index (χ3n) is 3.09. The first-order chi connectivity index (χ1) is 8.78. The molecule has 0 aromatic carbocycles. The van der Waals surface area contributed by atoms with Gasteiger partial charge in [-0.2, -0.15) is 5.10 Å². The van der Waals surface area contributed by atoms with Gasteiger partial charge in [0, 0.05) is 25.9 Å². The van der Waals surface area contributed by atoms with Crippen LogP contribution < -0.4 is 5.32 Å². The maximum atomic E-state index is 12.0. The summed E-state index contributed by atoms with van der Waals surface area (Å²) in [6, 6.07) is -0.421. The van der Waals surface area contributed by atoms with Crippen molar-refractivity contribution in [3.8, 4) is 0 Å². The van der Waals surface area contributed by atoms with Crippen LogP contribution in [0.25, 0.3) is 0 Å². The van der Waals surface area contributed by atoms with Gasteiger partial charge in [0.1, 0.15) is 5.54 Å². The molecule has 1 rings (SSSR count). The summed E-state index contributed by atoms with van der Waals surface area (Å²) in [4.78, 5) is 24.5. The van der Waals surface area contributed by atoms with Crippen molar-refractivity contribution in [3.63, 3.8) is 0 Å². The normalized spacial score (nSPS) is 13.7. The van der Waals surface area contributed by atoms with Gasteiger partial charge >= 0.3 is 12.0 Å². The molecule has 1 aromatic rings. The van der Waals surface area contributed by atoms with Gasteiger partial charge in [-0.05, 0) is 13.3 Å². The number of carbonyl (C=O) groups is 2. The minimum absolute atomic E-state index is 0.314. The van der Waals surface area contributed by atoms with Crippen molar-refractivity contribution < 1.29 is 14.7 Å². The second kappa shape index (κ2) is 5.73. The number of carbonyl (C=O) groups excluding carboxylic acids is 1. The van der Waals surface area contributed by atoms with Gasteiger partial charge < -0.3 is 15.3 Å². The molecule has 1 heterocycles. The highest BCUT2D eigenvalue weighted by Crippen LogP contribution is 2.10. The average Bonchev–Trinajstić information content (AvgIpc) is 2.74. The van der Waals surface area contributed by atoms with E-state index in [-0.39, 0.29) is 0 Å². The zero-order chi connectivity index (χ0) is 14.6. The van der Waals surface area contributed by atoms with Gasteiger partial charge in [-0.3, -0.25) is 4.68 Å². The van der Waals surface area contributed by atoms with Crippen LogP contribution in [0.3, 0.4) is 0 Å². The Kier molecular flexibility index (Phi) is 4.52. The Balaban J connectivity index is 2.65. The van der Waals surface area contributed by atoms with Gasteiger partial charge in [-0.15, -0.1) is 0 Å². The van der Waals surface area contributed by atoms with Gasteiger partial charge in [-0.1, -0.05) is 6.92 Å². The first-order valence-corrected chi connectivity index (χ1v) is 6.02. The molecule has 0 fully saturated rings. The molecular weight excluding hydrogens is 248 g/mol. The quantitative estimate of drug-likeness (QED) is 0.827. The number of rotatable bonds is 5. The Morgan fingerprint density at radius 1 is 1.58 bits per heavy atom. The molecule has 0 saturated heterocycles. The zero-order valence-electron chi connectivity index (χ0n) is 11.7. The van der Waals surface area contributed by atoms with E-state index < -0.39 is 17.5 Å². The molecule has 0 saturated carbocycles. The maximum absolute atomic E-state index is 12.0. The van der Waals surface area contributed by atoms with E-state index in [2.05, 4.69) is 10.4 Å². The molecule has 0 radical (unpaired) electrons. The fourth-order valence-electron chi connectivity index (χ4n) is 1.52. The molecule has 0 aliphatic rings. The minimum atomic E-state index is -1.25. The zero-order valence-corrected chi connectivity index (χ0v) is 11.7. The number of aliphatic carboxylic acids is 1. The van der Waals surface area contributed by atoms with Gasteiger partial charge in [0.25, 0.3) is 0 Å². The fourth-order valence-corrected chi connectivity index (χ4v) is 1.52. The number of aromatic nitrogens is 2. The molecule has 0 spiro atoms. The average molecular weight is 268 g/mol. The number of carboxylic acids is 1. The van der Waals surface area contributed by atoms with E-state index in [1.165, 1.54) is 11.8 Å². The van der Waals surface area contributed by atoms with Crippen molar-refractivity contribution in [3.05, 3.63) is 18.0 Å². The smallest absolute Gasteiger partial charge is 0.329 e. The number of nitrogens with zero attached hydrogens (tertiary/aromatic N) is 3. The second-order valence-corrected chi connectivity index (χ2v) is 4.80. The molecule has 7 heteroatoms. The first-order valence-electron chi connectivity index (χ1n) is 6.02. The minimum Gasteiger partial charge on any atom is -0.480 e. The molecule has 0 bridgehead atoms. The third-order valence-corrected chi connectivity index (χ3v) is 3.09. The summed E-state index contributed by atoms with van der Waals surface area (Å²) in [6.07, 6.45) is 3.79. The summed E-state index contributed by atoms with van der Waals surface area (Å²) in [7, 11) is 3.41. The Hall–Kier alpha value is -2.05. The largest absolute Gasteiger partial charge is 0.480 e. The monoisotopic (exact) mass is 268 g/mol. The summed E-state index contributed by atoms with van der Waals surface area (Å²) >= 11 is 0. The standard InChI is InChI=1S/C12H20N4O3/c1-5-12(2,10(17)18)14-11(19)15(3)7-9-6-13-16(4)8-9/h6,8H,5,7H2,1-4H3,(H,14,19)(H,17,18). The molecule has 0 aliphatic carbocycles. The predicted molar refractivity (Wildman–Crippen MR) is 69.5 cm³/mol. The molecule has 1 unspecified atom stereocenters. The van der Waals surface area contributed by atoms with Crippen LogP contribution in [0, 0.1) is 0 Å². The Bertz CT molecular complexity index is 471. The van der Waals surface area contributed by atoms with E-state index >= 15 is 0 Å². The van der Waals surface area contributed by atoms with Crippen molar-refractivity contribution in [1.82, 2.24) is 20.0 Å². The van der Waals surface area contributed by atoms with E-state index in [4.69, 9.17) is 5.11 Å². The fraction of sp³-hybridized carbons (Fsp3) is 0.583. The number of hydrogen-bond donors (Lipinski definition) is 2. The summed E-state index contributed by atoms with van der Waals surface area (Å²) in [5, 5.41) is 15.7. The van der Waals surface area contributed by atoms with Crippen LogP contribution in [0.15, 0.2) is 12.4 Å². The Morgan fingerprint density at radius 2 is 2.21 bits per heavy atom. The third kappa shape index (κ3) is 3.70. The molecule has 0 aliphatic heterocycles. The summed E-state index contributed by atoms with van der Waals surface area (Å²) in [5.74, 6) is -1.04. The topological polar surface area (TPSA) is 87.5 Å². The lowest BCUT2D eigenvalue weighted by Crippen LogP contribution is -2.54. The molecule has 1 atom stereocenters. The van der Waals surface area contributed by atoms with E-state index in [0.717, 1.165) is 5.56 Å². The Labute approximate surface area is 112 Å². The van der Waals surface area contributed by atoms with Crippen molar-refractivity contribution in [1.29, 1.82) is 0 Å². The molecule has 2 amide bonds. The highest BCUT2D eigenvalue weighted by molar-refractivity contribution is 5.85. The van der Waals surface area contributed by atoms with Crippen molar-refractivity contribution >= 4 is 12.0 Å². The predicted octanol–water partition coefficient (Wildman–Crippen LogP) is 0.815. The van der Waals surface area contributed by atoms with Crippen molar-refractivity contribution in [2.24, 2.45) is 7.05 Å². The van der Waals surface area contributed by atoms with E-state index in [0.29, 0.717) is 13.0 Å². The summed E-state index contributed by atoms with van der Waals surface area (Å²) in [6.45, 7) is 3.58. The van der Waals surface area contributed by atoms with Crippen LogP contribution in [0.1, 0.15) is 25.8 Å². The van der Waals surface area contributed by atoms with Crippen LogP contribution in [0.2, 0.25) is 0 Å².